The predicted octanol–water partition coefficient (Wildman–Crippen LogP) is 2.15. The summed E-state index contributed by atoms with van der Waals surface area (Å²) in [6.45, 7) is 1.81. The number of nitrogens with zero attached hydrogens (tertiary/aromatic N) is 3. The minimum atomic E-state index is -1.12. The van der Waals surface area contributed by atoms with E-state index in [1.807, 2.05) is 0 Å². The van der Waals surface area contributed by atoms with Crippen LogP contribution in [0.4, 0.5) is 0 Å². The van der Waals surface area contributed by atoms with Gasteiger partial charge in [-0.3, -0.25) is 14.1 Å². The molecule has 1 N–H and O–H groups in total. The van der Waals surface area contributed by atoms with Crippen LogP contribution in [-0.4, -0.2) is 25.2 Å². The number of rotatable bonds is 3. The second-order valence-corrected chi connectivity index (χ2v) is 6.63. The number of benzene rings is 1. The molecule has 0 fully saturated rings. The molecule has 3 aromatic rings. The van der Waals surface area contributed by atoms with E-state index in [4.69, 9.17) is 5.26 Å². The van der Waals surface area contributed by atoms with E-state index in [0.717, 1.165) is 5.56 Å². The summed E-state index contributed by atoms with van der Waals surface area (Å²) in [5.41, 5.74) is 2.28. The third-order valence-corrected chi connectivity index (χ3v) is 4.56. The zero-order valence-electron chi connectivity index (χ0n) is 13.1. The van der Waals surface area contributed by atoms with Crippen LogP contribution in [0.25, 0.3) is 16.9 Å². The van der Waals surface area contributed by atoms with Gasteiger partial charge < -0.3 is 0 Å². The molecule has 0 amide bonds. The summed E-state index contributed by atoms with van der Waals surface area (Å²) < 4.78 is 12.8. The Kier molecular flexibility index (Phi) is 4.15. The summed E-state index contributed by atoms with van der Waals surface area (Å²) in [6.07, 6.45) is 3.07. The zero-order valence-corrected chi connectivity index (χ0v) is 13.9. The van der Waals surface area contributed by atoms with E-state index in [2.05, 4.69) is 16.2 Å². The molecule has 120 valence electrons. The third kappa shape index (κ3) is 2.79. The number of aromatic amines is 1. The monoisotopic (exact) mass is 338 g/mol. The molecule has 3 rings (SSSR count). The Morgan fingerprint density at radius 2 is 1.92 bits per heavy atom. The fourth-order valence-electron chi connectivity index (χ4n) is 2.43. The van der Waals surface area contributed by atoms with Gasteiger partial charge in [-0.25, -0.2) is 9.67 Å². The summed E-state index contributed by atoms with van der Waals surface area (Å²) >= 11 is 0. The molecule has 0 spiro atoms. The number of aryl methyl sites for hydroxylation is 1. The maximum Gasteiger partial charge on any atom is 0.280 e. The van der Waals surface area contributed by atoms with Crippen molar-refractivity contribution in [2.24, 2.45) is 0 Å². The van der Waals surface area contributed by atoms with E-state index < -0.39 is 10.8 Å². The molecule has 1 aromatic carbocycles. The van der Waals surface area contributed by atoms with Crippen molar-refractivity contribution in [3.63, 3.8) is 0 Å². The molecule has 1 atom stereocenters. The Hall–Kier alpha value is -2.98. The lowest BCUT2D eigenvalue weighted by atomic mass is 10.1. The molecule has 7 heteroatoms. The van der Waals surface area contributed by atoms with Gasteiger partial charge in [0.2, 0.25) is 0 Å². The second kappa shape index (κ2) is 6.26. The van der Waals surface area contributed by atoms with Gasteiger partial charge in [0.25, 0.3) is 5.56 Å². The number of H-pyrrole nitrogens is 1. The number of nitrogens with one attached hydrogen (secondary N) is 1. The fourth-order valence-corrected chi connectivity index (χ4v) is 2.89. The number of hydrogen-bond donors (Lipinski definition) is 1. The number of aromatic nitrogens is 3. The van der Waals surface area contributed by atoms with Crippen molar-refractivity contribution in [2.45, 2.75) is 11.8 Å². The van der Waals surface area contributed by atoms with E-state index >= 15 is 0 Å². The van der Waals surface area contributed by atoms with Gasteiger partial charge in [0.15, 0.2) is 5.82 Å². The lowest BCUT2D eigenvalue weighted by molar-refractivity contribution is 0.686. The molecule has 0 aliphatic heterocycles. The van der Waals surface area contributed by atoms with Gasteiger partial charge in [-0.1, -0.05) is 12.1 Å². The van der Waals surface area contributed by atoms with Crippen LogP contribution in [-0.2, 0) is 10.8 Å². The molecule has 2 aromatic heterocycles. The molecule has 0 saturated carbocycles. The van der Waals surface area contributed by atoms with Crippen LogP contribution in [0, 0.1) is 18.3 Å². The summed E-state index contributed by atoms with van der Waals surface area (Å²) in [4.78, 5) is 17.5. The van der Waals surface area contributed by atoms with Gasteiger partial charge in [-0.05, 0) is 36.8 Å². The first-order chi connectivity index (χ1) is 11.5. The molecule has 24 heavy (non-hydrogen) atoms. The van der Waals surface area contributed by atoms with Crippen molar-refractivity contribution in [3.8, 4) is 23.0 Å². The van der Waals surface area contributed by atoms with Crippen molar-refractivity contribution in [2.75, 3.05) is 6.26 Å². The molecule has 2 heterocycles. The number of hydrogen-bond acceptors (Lipinski definition) is 4. The molecule has 0 radical (unpaired) electrons. The summed E-state index contributed by atoms with van der Waals surface area (Å²) in [7, 11) is -1.12. The van der Waals surface area contributed by atoms with Crippen molar-refractivity contribution < 1.29 is 4.21 Å². The van der Waals surface area contributed by atoms with Crippen LogP contribution < -0.4 is 5.56 Å². The maximum absolute atomic E-state index is 12.7. The van der Waals surface area contributed by atoms with Crippen molar-refractivity contribution in [1.29, 1.82) is 5.26 Å². The second-order valence-electron chi connectivity index (χ2n) is 5.25. The molecule has 0 saturated heterocycles. The maximum atomic E-state index is 12.7. The molecular formula is C17H14N4O2S. The van der Waals surface area contributed by atoms with Gasteiger partial charge in [0, 0.05) is 18.1 Å². The van der Waals surface area contributed by atoms with Gasteiger partial charge in [-0.2, -0.15) is 5.26 Å². The normalized spacial score (nSPS) is 11.9. The topological polar surface area (TPSA) is 91.5 Å². The fraction of sp³-hybridized carbons (Fsp3) is 0.118. The highest BCUT2D eigenvalue weighted by atomic mass is 32.2. The van der Waals surface area contributed by atoms with E-state index in [1.165, 1.54) is 10.9 Å². The van der Waals surface area contributed by atoms with Crippen LogP contribution in [0.15, 0.2) is 52.3 Å². The molecule has 0 bridgehead atoms. The predicted molar refractivity (Wildman–Crippen MR) is 91.4 cm³/mol. The van der Waals surface area contributed by atoms with Crippen molar-refractivity contribution in [1.82, 2.24) is 14.8 Å². The average molecular weight is 338 g/mol. The Morgan fingerprint density at radius 1 is 1.21 bits per heavy atom. The van der Waals surface area contributed by atoms with Gasteiger partial charge in [-0.15, -0.1) is 0 Å². The quantitative estimate of drug-likeness (QED) is 0.792. The summed E-state index contributed by atoms with van der Waals surface area (Å²) in [6, 6.07) is 12.2. The highest BCUT2D eigenvalue weighted by Gasteiger charge is 2.15. The Labute approximate surface area is 140 Å². The van der Waals surface area contributed by atoms with Gasteiger partial charge >= 0.3 is 0 Å². The summed E-state index contributed by atoms with van der Waals surface area (Å²) in [5, 5.41) is 11.9. The number of nitriles is 1. The van der Waals surface area contributed by atoms with Crippen LogP contribution in [0.1, 0.15) is 11.3 Å². The Morgan fingerprint density at radius 3 is 2.46 bits per heavy atom. The highest BCUT2D eigenvalue weighted by molar-refractivity contribution is 7.84. The smallest absolute Gasteiger partial charge is 0.280 e. The molecule has 0 aliphatic carbocycles. The van der Waals surface area contributed by atoms with E-state index in [0.29, 0.717) is 27.5 Å². The van der Waals surface area contributed by atoms with Crippen LogP contribution in [0.2, 0.25) is 0 Å². The van der Waals surface area contributed by atoms with Crippen molar-refractivity contribution in [3.05, 3.63) is 64.2 Å². The van der Waals surface area contributed by atoms with Crippen LogP contribution >= 0.6 is 0 Å². The number of pyridine rings is 1. The minimum Gasteiger partial charge on any atom is -0.293 e. The third-order valence-electron chi connectivity index (χ3n) is 3.66. The standard InChI is InChI=1S/C17H14N4O2S/c1-11-16(13-5-3-12(9-18)4-6-13)17(22)21(20-11)15-8-7-14(10-19-15)24(2)23/h3-8,10,20H,1-2H3/t24-/m1/s1. The lowest BCUT2D eigenvalue weighted by Crippen LogP contribution is -2.17. The average Bonchev–Trinajstić information content (AvgIpc) is 2.89. The van der Waals surface area contributed by atoms with Crippen LogP contribution in [0.3, 0.4) is 0 Å². The SMILES string of the molecule is Cc1[nH]n(-c2ccc([S@@](C)=O)cn2)c(=O)c1-c1ccc(C#N)cc1. The first kappa shape index (κ1) is 15.9. The minimum absolute atomic E-state index is 0.227. The van der Waals surface area contributed by atoms with Crippen molar-refractivity contribution >= 4 is 10.8 Å². The van der Waals surface area contributed by atoms with E-state index in [9.17, 15) is 9.00 Å². The first-order valence-electron chi connectivity index (χ1n) is 7.13. The molecule has 6 nitrogen and oxygen atoms in total. The molecule has 0 aliphatic rings. The van der Waals surface area contributed by atoms with Crippen LogP contribution in [0.5, 0.6) is 0 Å². The highest BCUT2D eigenvalue weighted by Crippen LogP contribution is 2.20. The summed E-state index contributed by atoms with van der Waals surface area (Å²) in [5.74, 6) is 0.428. The Balaban J connectivity index is 2.07. The zero-order chi connectivity index (χ0) is 17.3. The van der Waals surface area contributed by atoms with Gasteiger partial charge in [0.1, 0.15) is 0 Å². The lowest BCUT2D eigenvalue weighted by Gasteiger charge is -2.01. The van der Waals surface area contributed by atoms with E-state index in [1.54, 1.807) is 49.6 Å². The molecular weight excluding hydrogens is 324 g/mol. The molecule has 0 unspecified atom stereocenters. The Bertz CT molecular complexity index is 1010. The largest absolute Gasteiger partial charge is 0.293 e. The van der Waals surface area contributed by atoms with Gasteiger partial charge in [0.05, 0.1) is 32.9 Å². The van der Waals surface area contributed by atoms with E-state index in [-0.39, 0.29) is 5.56 Å². The first-order valence-corrected chi connectivity index (χ1v) is 8.69.